The standard InChI is InChI=1S/C13H10OS/c1-14-11-5-4-9-2-3-10-6-7-15-13(10)12(9)8-11/h2-8H,1H3. The summed E-state index contributed by atoms with van der Waals surface area (Å²) in [6, 6.07) is 12.7. The van der Waals surface area contributed by atoms with Crippen molar-refractivity contribution in [3.63, 3.8) is 0 Å². The molecule has 2 heteroatoms. The SMILES string of the molecule is COc1ccc2ccc3ccsc3c2c1. The highest BCUT2D eigenvalue weighted by Crippen LogP contribution is 2.31. The normalized spacial score (nSPS) is 11.0. The lowest BCUT2D eigenvalue weighted by Gasteiger charge is -2.03. The number of benzene rings is 2. The van der Waals surface area contributed by atoms with Crippen LogP contribution in [0.5, 0.6) is 5.75 Å². The van der Waals surface area contributed by atoms with Gasteiger partial charge < -0.3 is 4.74 Å². The molecular weight excluding hydrogens is 204 g/mol. The molecule has 0 spiro atoms. The van der Waals surface area contributed by atoms with E-state index in [1.165, 1.54) is 20.9 Å². The fraction of sp³-hybridized carbons (Fsp3) is 0.0769. The van der Waals surface area contributed by atoms with Crippen LogP contribution in [0.4, 0.5) is 0 Å². The van der Waals surface area contributed by atoms with Gasteiger partial charge in [-0.2, -0.15) is 0 Å². The fourth-order valence-corrected chi connectivity index (χ4v) is 2.78. The van der Waals surface area contributed by atoms with Crippen LogP contribution in [0.1, 0.15) is 0 Å². The summed E-state index contributed by atoms with van der Waals surface area (Å²) in [5, 5.41) is 5.98. The monoisotopic (exact) mass is 214 g/mol. The molecule has 0 aliphatic heterocycles. The summed E-state index contributed by atoms with van der Waals surface area (Å²) in [5.41, 5.74) is 0. The first-order valence-electron chi connectivity index (χ1n) is 4.82. The molecular formula is C13H10OS. The highest BCUT2D eigenvalue weighted by molar-refractivity contribution is 7.18. The zero-order valence-corrected chi connectivity index (χ0v) is 9.17. The summed E-state index contributed by atoms with van der Waals surface area (Å²) >= 11 is 1.78. The molecule has 0 radical (unpaired) electrons. The summed E-state index contributed by atoms with van der Waals surface area (Å²) in [4.78, 5) is 0. The van der Waals surface area contributed by atoms with Crippen LogP contribution in [0.15, 0.2) is 41.8 Å². The lowest BCUT2D eigenvalue weighted by molar-refractivity contribution is 0.415. The topological polar surface area (TPSA) is 9.23 Å². The molecule has 0 aliphatic rings. The lowest BCUT2D eigenvalue weighted by atomic mass is 10.1. The van der Waals surface area contributed by atoms with Gasteiger partial charge in [-0.05, 0) is 34.4 Å². The van der Waals surface area contributed by atoms with E-state index < -0.39 is 0 Å². The van der Waals surface area contributed by atoms with Crippen molar-refractivity contribution in [2.45, 2.75) is 0 Å². The number of hydrogen-bond donors (Lipinski definition) is 0. The molecule has 1 nitrogen and oxygen atoms in total. The average Bonchev–Trinajstić information content (AvgIpc) is 2.76. The zero-order valence-electron chi connectivity index (χ0n) is 8.36. The van der Waals surface area contributed by atoms with E-state index in [0.29, 0.717) is 0 Å². The van der Waals surface area contributed by atoms with Crippen molar-refractivity contribution < 1.29 is 4.74 Å². The largest absolute Gasteiger partial charge is 0.497 e. The first kappa shape index (κ1) is 8.74. The van der Waals surface area contributed by atoms with Gasteiger partial charge in [0.15, 0.2) is 0 Å². The summed E-state index contributed by atoms with van der Waals surface area (Å²) in [7, 11) is 1.70. The van der Waals surface area contributed by atoms with Crippen LogP contribution in [-0.2, 0) is 0 Å². The van der Waals surface area contributed by atoms with Gasteiger partial charge >= 0.3 is 0 Å². The maximum absolute atomic E-state index is 5.25. The maximum Gasteiger partial charge on any atom is 0.119 e. The number of hydrogen-bond acceptors (Lipinski definition) is 2. The first-order valence-corrected chi connectivity index (χ1v) is 5.70. The van der Waals surface area contributed by atoms with E-state index in [9.17, 15) is 0 Å². The van der Waals surface area contributed by atoms with Crippen molar-refractivity contribution in [3.8, 4) is 5.75 Å². The van der Waals surface area contributed by atoms with Gasteiger partial charge in [-0.3, -0.25) is 0 Å². The fourth-order valence-electron chi connectivity index (χ4n) is 1.85. The molecule has 15 heavy (non-hydrogen) atoms. The molecule has 0 aliphatic carbocycles. The summed E-state index contributed by atoms with van der Waals surface area (Å²) in [6.45, 7) is 0. The molecule has 0 unspecified atom stereocenters. The minimum atomic E-state index is 0.920. The Hall–Kier alpha value is -1.54. The van der Waals surface area contributed by atoms with Crippen molar-refractivity contribution in [1.29, 1.82) is 0 Å². The van der Waals surface area contributed by atoms with Gasteiger partial charge in [-0.15, -0.1) is 11.3 Å². The third-order valence-corrected chi connectivity index (χ3v) is 3.61. The number of fused-ring (bicyclic) bond motifs is 3. The van der Waals surface area contributed by atoms with E-state index in [0.717, 1.165) is 5.75 Å². The van der Waals surface area contributed by atoms with Gasteiger partial charge in [0.1, 0.15) is 5.75 Å². The van der Waals surface area contributed by atoms with Gasteiger partial charge in [0, 0.05) is 10.1 Å². The van der Waals surface area contributed by atoms with E-state index in [4.69, 9.17) is 4.74 Å². The van der Waals surface area contributed by atoms with Gasteiger partial charge in [0.05, 0.1) is 7.11 Å². The molecule has 0 bridgehead atoms. The Morgan fingerprint density at radius 1 is 1.00 bits per heavy atom. The van der Waals surface area contributed by atoms with E-state index in [-0.39, 0.29) is 0 Å². The van der Waals surface area contributed by atoms with E-state index >= 15 is 0 Å². The second-order valence-corrected chi connectivity index (χ2v) is 4.41. The highest BCUT2D eigenvalue weighted by Gasteiger charge is 2.02. The minimum Gasteiger partial charge on any atom is -0.497 e. The lowest BCUT2D eigenvalue weighted by Crippen LogP contribution is -1.82. The van der Waals surface area contributed by atoms with Crippen molar-refractivity contribution in [1.82, 2.24) is 0 Å². The van der Waals surface area contributed by atoms with Gasteiger partial charge in [0.25, 0.3) is 0 Å². The third-order valence-electron chi connectivity index (χ3n) is 2.64. The van der Waals surface area contributed by atoms with E-state index in [1.807, 2.05) is 6.07 Å². The summed E-state index contributed by atoms with van der Waals surface area (Å²) < 4.78 is 6.59. The van der Waals surface area contributed by atoms with Crippen LogP contribution < -0.4 is 4.74 Å². The van der Waals surface area contributed by atoms with E-state index in [1.54, 1.807) is 18.4 Å². The average molecular weight is 214 g/mol. The minimum absolute atomic E-state index is 0.920. The van der Waals surface area contributed by atoms with Crippen molar-refractivity contribution >= 4 is 32.2 Å². The molecule has 0 saturated heterocycles. The molecule has 1 aromatic heterocycles. The van der Waals surface area contributed by atoms with Gasteiger partial charge in [-0.1, -0.05) is 18.2 Å². The Morgan fingerprint density at radius 2 is 1.80 bits per heavy atom. The van der Waals surface area contributed by atoms with Gasteiger partial charge in [0.2, 0.25) is 0 Å². The number of rotatable bonds is 1. The van der Waals surface area contributed by atoms with Crippen LogP contribution in [0.25, 0.3) is 20.9 Å². The number of thiophene rings is 1. The van der Waals surface area contributed by atoms with Crippen molar-refractivity contribution in [2.75, 3.05) is 7.11 Å². The number of ether oxygens (including phenoxy) is 1. The summed E-state index contributed by atoms with van der Waals surface area (Å²) in [5.74, 6) is 0.920. The molecule has 2 aromatic carbocycles. The van der Waals surface area contributed by atoms with Crippen LogP contribution in [-0.4, -0.2) is 7.11 Å². The van der Waals surface area contributed by atoms with Crippen LogP contribution >= 0.6 is 11.3 Å². The Labute approximate surface area is 91.9 Å². The molecule has 1 heterocycles. The van der Waals surface area contributed by atoms with Crippen LogP contribution in [0.2, 0.25) is 0 Å². The van der Waals surface area contributed by atoms with Crippen molar-refractivity contribution in [2.24, 2.45) is 0 Å². The zero-order chi connectivity index (χ0) is 10.3. The third kappa shape index (κ3) is 1.29. The highest BCUT2D eigenvalue weighted by atomic mass is 32.1. The Bertz CT molecular complexity index is 625. The predicted octanol–water partition coefficient (Wildman–Crippen LogP) is 4.06. The molecule has 0 N–H and O–H groups in total. The second-order valence-electron chi connectivity index (χ2n) is 3.49. The van der Waals surface area contributed by atoms with Crippen molar-refractivity contribution in [3.05, 3.63) is 41.8 Å². The molecule has 0 fully saturated rings. The Kier molecular flexibility index (Phi) is 1.89. The Morgan fingerprint density at radius 3 is 2.67 bits per heavy atom. The van der Waals surface area contributed by atoms with Gasteiger partial charge in [-0.25, -0.2) is 0 Å². The molecule has 0 saturated carbocycles. The maximum atomic E-state index is 5.25. The molecule has 0 amide bonds. The quantitative estimate of drug-likeness (QED) is 0.593. The second kappa shape index (κ2) is 3.24. The van der Waals surface area contributed by atoms with E-state index in [2.05, 4.69) is 35.7 Å². The summed E-state index contributed by atoms with van der Waals surface area (Å²) in [6.07, 6.45) is 0. The smallest absolute Gasteiger partial charge is 0.119 e. The predicted molar refractivity (Wildman–Crippen MR) is 65.9 cm³/mol. The molecule has 74 valence electrons. The molecule has 3 rings (SSSR count). The molecule has 0 atom stereocenters. The first-order chi connectivity index (χ1) is 7.38. The number of methoxy groups -OCH3 is 1. The Balaban J connectivity index is 2.48. The van der Waals surface area contributed by atoms with Crippen LogP contribution in [0, 0.1) is 0 Å². The van der Waals surface area contributed by atoms with Crippen LogP contribution in [0.3, 0.4) is 0 Å². The molecule has 3 aromatic rings.